The van der Waals surface area contributed by atoms with Gasteiger partial charge in [-0.1, -0.05) is 12.1 Å². The highest BCUT2D eigenvalue weighted by atomic mass is 32.1. The zero-order chi connectivity index (χ0) is 20.9. The molecular weight excluding hydrogens is 398 g/mol. The summed E-state index contributed by atoms with van der Waals surface area (Å²) >= 11 is 1.74. The van der Waals surface area contributed by atoms with Crippen molar-refractivity contribution in [2.75, 3.05) is 31.5 Å². The van der Waals surface area contributed by atoms with Crippen molar-refractivity contribution in [1.29, 1.82) is 5.26 Å². The topological polar surface area (TPSA) is 90.5 Å². The van der Waals surface area contributed by atoms with Crippen LogP contribution in [0.4, 0.5) is 5.69 Å². The minimum Gasteiger partial charge on any atom is -0.327 e. The van der Waals surface area contributed by atoms with Gasteiger partial charge in [0, 0.05) is 11.3 Å². The number of nitriles is 1. The number of thiazole rings is 1. The lowest BCUT2D eigenvalue weighted by Crippen LogP contribution is -3.13. The van der Waals surface area contributed by atoms with Gasteiger partial charge in [0.15, 0.2) is 0 Å². The molecule has 0 saturated carbocycles. The Morgan fingerprint density at radius 3 is 2.57 bits per heavy atom. The first-order chi connectivity index (χ1) is 14.6. The molecule has 30 heavy (non-hydrogen) atoms. The lowest BCUT2D eigenvalue weighted by Gasteiger charge is -2.31. The molecule has 0 bridgehead atoms. The summed E-state index contributed by atoms with van der Waals surface area (Å²) in [6.07, 6.45) is -0.190. The van der Waals surface area contributed by atoms with Crippen molar-refractivity contribution in [3.8, 4) is 6.07 Å². The molecule has 7 nitrogen and oxygen atoms in total. The molecule has 0 aliphatic carbocycles. The molecule has 1 saturated heterocycles. The first kappa shape index (κ1) is 20.0. The number of aromatic nitrogens is 1. The molecule has 0 radical (unpaired) electrons. The van der Waals surface area contributed by atoms with Gasteiger partial charge in [-0.05, 0) is 36.4 Å². The van der Waals surface area contributed by atoms with Crippen molar-refractivity contribution in [3.05, 3.63) is 59.1 Å². The summed E-state index contributed by atoms with van der Waals surface area (Å²) in [5, 5.41) is 12.3. The second kappa shape index (κ2) is 9.03. The number of hydrogen-bond acceptors (Lipinski definition) is 5. The van der Waals surface area contributed by atoms with E-state index in [0.29, 0.717) is 24.3 Å². The molecule has 0 spiro atoms. The van der Waals surface area contributed by atoms with Crippen LogP contribution in [0.1, 0.15) is 21.8 Å². The predicted octanol–water partition coefficient (Wildman–Crippen LogP) is 1.69. The number of para-hydroxylation sites is 1. The van der Waals surface area contributed by atoms with Crippen molar-refractivity contribution in [1.82, 2.24) is 9.88 Å². The average molecular weight is 421 g/mol. The number of fused-ring (bicyclic) bond motifs is 1. The van der Waals surface area contributed by atoms with Gasteiger partial charge in [0.25, 0.3) is 5.91 Å². The number of quaternary nitrogens is 1. The van der Waals surface area contributed by atoms with Crippen LogP contribution < -0.4 is 10.2 Å². The third-order valence-corrected chi connectivity index (χ3v) is 6.19. The monoisotopic (exact) mass is 420 g/mol. The quantitative estimate of drug-likeness (QED) is 0.657. The first-order valence-corrected chi connectivity index (χ1v) is 10.7. The molecule has 4 rings (SSSR count). The summed E-state index contributed by atoms with van der Waals surface area (Å²) in [4.78, 5) is 32.3. The summed E-state index contributed by atoms with van der Waals surface area (Å²) in [6.45, 7) is 4.09. The molecule has 1 fully saturated rings. The van der Waals surface area contributed by atoms with E-state index in [1.54, 1.807) is 35.6 Å². The SMILES string of the molecule is N#CCC(=O)Nc1ccc(C(=O)N2CC[NH+](Cc3nc4ccccc4s3)CC2)cc1. The first-order valence-electron chi connectivity index (χ1n) is 9.86. The summed E-state index contributed by atoms with van der Waals surface area (Å²) in [5.74, 6) is -0.354. The van der Waals surface area contributed by atoms with E-state index in [-0.39, 0.29) is 18.2 Å². The molecule has 2 amide bonds. The van der Waals surface area contributed by atoms with Crippen LogP contribution in [-0.4, -0.2) is 47.9 Å². The van der Waals surface area contributed by atoms with Crippen LogP contribution in [0.25, 0.3) is 10.2 Å². The fourth-order valence-corrected chi connectivity index (χ4v) is 4.61. The van der Waals surface area contributed by atoms with Gasteiger partial charge in [-0.3, -0.25) is 9.59 Å². The number of hydrogen-bond donors (Lipinski definition) is 2. The van der Waals surface area contributed by atoms with Crippen LogP contribution in [-0.2, 0) is 11.3 Å². The summed E-state index contributed by atoms with van der Waals surface area (Å²) in [5.41, 5.74) is 2.23. The number of piperazine rings is 1. The normalized spacial score (nSPS) is 14.4. The Hall–Kier alpha value is -3.28. The maximum atomic E-state index is 12.8. The van der Waals surface area contributed by atoms with Crippen LogP contribution >= 0.6 is 11.3 Å². The van der Waals surface area contributed by atoms with Gasteiger partial charge in [-0.2, -0.15) is 5.26 Å². The maximum Gasteiger partial charge on any atom is 0.254 e. The molecule has 3 aromatic rings. The largest absolute Gasteiger partial charge is 0.327 e. The van der Waals surface area contributed by atoms with E-state index in [1.165, 1.54) is 9.60 Å². The smallest absolute Gasteiger partial charge is 0.254 e. The van der Waals surface area contributed by atoms with Crippen molar-refractivity contribution in [2.24, 2.45) is 0 Å². The molecule has 0 unspecified atom stereocenters. The third kappa shape index (κ3) is 4.64. The molecule has 0 atom stereocenters. The van der Waals surface area contributed by atoms with Crippen LogP contribution in [0.2, 0.25) is 0 Å². The zero-order valence-electron chi connectivity index (χ0n) is 16.4. The van der Waals surface area contributed by atoms with Gasteiger partial charge >= 0.3 is 0 Å². The Morgan fingerprint density at radius 2 is 1.87 bits per heavy atom. The van der Waals surface area contributed by atoms with Gasteiger partial charge in [0.05, 0.1) is 42.5 Å². The number of nitrogens with one attached hydrogen (secondary N) is 2. The Bertz CT molecular complexity index is 1060. The molecule has 2 N–H and O–H groups in total. The van der Waals surface area contributed by atoms with Gasteiger partial charge in [-0.25, -0.2) is 4.98 Å². The Labute approximate surface area is 178 Å². The number of anilines is 1. The van der Waals surface area contributed by atoms with Crippen LogP contribution in [0.3, 0.4) is 0 Å². The van der Waals surface area contributed by atoms with Gasteiger partial charge in [-0.15, -0.1) is 11.3 Å². The van der Waals surface area contributed by atoms with E-state index in [0.717, 1.165) is 30.2 Å². The lowest BCUT2D eigenvalue weighted by atomic mass is 10.1. The standard InChI is InChI=1S/C22H21N5O2S/c23-10-9-20(28)24-17-7-5-16(6-8-17)22(29)27-13-11-26(12-14-27)15-21-25-18-3-1-2-4-19(18)30-21/h1-8H,9,11-15H2,(H,24,28)/p+1. The Kier molecular flexibility index (Phi) is 6.02. The summed E-state index contributed by atoms with van der Waals surface area (Å²) < 4.78 is 1.22. The third-order valence-electron chi connectivity index (χ3n) is 5.15. The molecule has 1 aliphatic rings. The molecule has 152 valence electrons. The number of carbonyl (C=O) groups is 2. The molecule has 1 aromatic heterocycles. The number of benzene rings is 2. The van der Waals surface area contributed by atoms with Gasteiger partial charge in [0.1, 0.15) is 18.0 Å². The van der Waals surface area contributed by atoms with E-state index >= 15 is 0 Å². The second-order valence-corrected chi connectivity index (χ2v) is 8.37. The van der Waals surface area contributed by atoms with E-state index in [4.69, 9.17) is 10.2 Å². The summed E-state index contributed by atoms with van der Waals surface area (Å²) in [6, 6.07) is 16.8. The number of carbonyl (C=O) groups excluding carboxylic acids is 2. The van der Waals surface area contributed by atoms with Crippen molar-refractivity contribution in [3.63, 3.8) is 0 Å². The van der Waals surface area contributed by atoms with Gasteiger partial charge in [0.2, 0.25) is 5.91 Å². The fraction of sp³-hybridized carbons (Fsp3) is 0.273. The van der Waals surface area contributed by atoms with E-state index in [1.807, 2.05) is 29.2 Å². The highest BCUT2D eigenvalue weighted by Crippen LogP contribution is 2.20. The second-order valence-electron chi connectivity index (χ2n) is 7.25. The van der Waals surface area contributed by atoms with Crippen LogP contribution in [0.15, 0.2) is 48.5 Å². The zero-order valence-corrected chi connectivity index (χ0v) is 17.2. The van der Waals surface area contributed by atoms with E-state index in [2.05, 4.69) is 11.4 Å². The van der Waals surface area contributed by atoms with E-state index in [9.17, 15) is 9.59 Å². The van der Waals surface area contributed by atoms with Crippen LogP contribution in [0.5, 0.6) is 0 Å². The van der Waals surface area contributed by atoms with E-state index < -0.39 is 0 Å². The van der Waals surface area contributed by atoms with Crippen molar-refractivity contribution >= 4 is 39.1 Å². The van der Waals surface area contributed by atoms with Crippen molar-refractivity contribution in [2.45, 2.75) is 13.0 Å². The average Bonchev–Trinajstić information content (AvgIpc) is 3.17. The minimum absolute atomic E-state index is 0.00365. The highest BCUT2D eigenvalue weighted by Gasteiger charge is 2.25. The summed E-state index contributed by atoms with van der Waals surface area (Å²) in [7, 11) is 0. The fourth-order valence-electron chi connectivity index (χ4n) is 3.57. The minimum atomic E-state index is -0.358. The number of rotatable bonds is 5. The van der Waals surface area contributed by atoms with Crippen LogP contribution in [0, 0.1) is 11.3 Å². The van der Waals surface area contributed by atoms with Gasteiger partial charge < -0.3 is 15.1 Å². The molecule has 8 heteroatoms. The molecule has 1 aliphatic heterocycles. The predicted molar refractivity (Wildman–Crippen MR) is 115 cm³/mol. The molecule has 2 heterocycles. The lowest BCUT2D eigenvalue weighted by molar-refractivity contribution is -0.917. The Morgan fingerprint density at radius 1 is 1.13 bits per heavy atom. The maximum absolute atomic E-state index is 12.8. The number of amides is 2. The Balaban J connectivity index is 1.30. The number of nitrogens with zero attached hydrogens (tertiary/aromatic N) is 3. The molecule has 2 aromatic carbocycles. The highest BCUT2D eigenvalue weighted by molar-refractivity contribution is 7.18. The van der Waals surface area contributed by atoms with Crippen molar-refractivity contribution < 1.29 is 14.5 Å². The molecular formula is C22H22N5O2S+.